The van der Waals surface area contributed by atoms with Crippen molar-refractivity contribution in [2.75, 3.05) is 17.7 Å². The van der Waals surface area contributed by atoms with Crippen LogP contribution in [-0.2, 0) is 0 Å². The molecule has 6 heteroatoms. The van der Waals surface area contributed by atoms with E-state index >= 15 is 0 Å². The maximum absolute atomic E-state index is 12.2. The van der Waals surface area contributed by atoms with Crippen molar-refractivity contribution >= 4 is 33.2 Å². The van der Waals surface area contributed by atoms with E-state index in [1.54, 1.807) is 42.5 Å². The first-order valence-corrected chi connectivity index (χ1v) is 6.85. The predicted molar refractivity (Wildman–Crippen MR) is 84.1 cm³/mol. The first-order chi connectivity index (χ1) is 10.1. The molecular weight excluding hydrogens is 334 g/mol. The van der Waals surface area contributed by atoms with Crippen LogP contribution in [0.5, 0.6) is 5.75 Å². The Balaban J connectivity index is 2.09. The van der Waals surface area contributed by atoms with E-state index in [0.717, 1.165) is 0 Å². The van der Waals surface area contributed by atoms with Crippen LogP contribution in [0.2, 0.25) is 0 Å². The van der Waals surface area contributed by atoms with Crippen LogP contribution in [-0.4, -0.2) is 12.5 Å². The van der Waals surface area contributed by atoms with Crippen molar-refractivity contribution < 1.29 is 9.53 Å². The Labute approximate surface area is 130 Å². The second-order valence-corrected chi connectivity index (χ2v) is 5.02. The Morgan fingerprint density at radius 2 is 2.00 bits per heavy atom. The van der Waals surface area contributed by atoms with Gasteiger partial charge in [0.1, 0.15) is 11.8 Å². The highest BCUT2D eigenvalue weighted by molar-refractivity contribution is 9.10. The summed E-state index contributed by atoms with van der Waals surface area (Å²) in [6, 6.07) is 13.7. The number of carbonyl (C=O) groups excluding carboxylic acids is 1. The summed E-state index contributed by atoms with van der Waals surface area (Å²) in [6.07, 6.45) is 0. The van der Waals surface area contributed by atoms with Crippen LogP contribution in [0, 0.1) is 11.3 Å². The third kappa shape index (κ3) is 3.97. The highest BCUT2D eigenvalue weighted by Crippen LogP contribution is 2.22. The lowest BCUT2D eigenvalue weighted by atomic mass is 10.2. The van der Waals surface area contributed by atoms with Crippen LogP contribution in [0.15, 0.2) is 46.9 Å². The summed E-state index contributed by atoms with van der Waals surface area (Å²) in [7, 11) is 0. The number of amides is 1. The summed E-state index contributed by atoms with van der Waals surface area (Å²) in [5.74, 6) is 0.305. The third-order valence-corrected chi connectivity index (χ3v) is 3.34. The van der Waals surface area contributed by atoms with Gasteiger partial charge in [0.2, 0.25) is 0 Å². The third-order valence-electron chi connectivity index (χ3n) is 2.65. The van der Waals surface area contributed by atoms with E-state index in [4.69, 9.17) is 15.7 Å². The Morgan fingerprint density at radius 3 is 2.67 bits per heavy atom. The van der Waals surface area contributed by atoms with Crippen LogP contribution in [0.3, 0.4) is 0 Å². The molecule has 0 unspecified atom stereocenters. The standard InChI is InChI=1S/C15H12BrN3O2/c16-14-6-1-10(18)9-13(14)15(20)19-11-2-4-12(5-3-11)21-8-7-17/h1-6,9H,8,18H2,(H,19,20). The van der Waals surface area contributed by atoms with Gasteiger partial charge in [-0.2, -0.15) is 5.26 Å². The topological polar surface area (TPSA) is 88.1 Å². The zero-order chi connectivity index (χ0) is 15.2. The molecule has 0 spiro atoms. The number of ether oxygens (including phenoxy) is 1. The fourth-order valence-corrected chi connectivity index (χ4v) is 2.09. The number of rotatable bonds is 4. The lowest BCUT2D eigenvalue weighted by Gasteiger charge is -2.08. The van der Waals surface area contributed by atoms with Crippen molar-refractivity contribution in [2.24, 2.45) is 0 Å². The van der Waals surface area contributed by atoms with Gasteiger partial charge in [-0.05, 0) is 58.4 Å². The summed E-state index contributed by atoms with van der Waals surface area (Å²) >= 11 is 3.32. The molecule has 5 nitrogen and oxygen atoms in total. The summed E-state index contributed by atoms with van der Waals surface area (Å²) < 4.78 is 5.81. The van der Waals surface area contributed by atoms with Gasteiger partial charge in [0, 0.05) is 15.8 Å². The number of anilines is 2. The van der Waals surface area contributed by atoms with Gasteiger partial charge in [-0.15, -0.1) is 0 Å². The molecule has 0 saturated carbocycles. The second-order valence-electron chi connectivity index (χ2n) is 4.16. The quantitative estimate of drug-likeness (QED) is 0.833. The van der Waals surface area contributed by atoms with Gasteiger partial charge in [0.15, 0.2) is 6.61 Å². The molecule has 2 aromatic carbocycles. The number of nitriles is 1. The Kier molecular flexibility index (Phi) is 4.80. The van der Waals surface area contributed by atoms with Crippen molar-refractivity contribution in [1.29, 1.82) is 5.26 Å². The fraction of sp³-hybridized carbons (Fsp3) is 0.0667. The van der Waals surface area contributed by atoms with Gasteiger partial charge in [0.05, 0.1) is 5.56 Å². The minimum atomic E-state index is -0.264. The van der Waals surface area contributed by atoms with E-state index in [1.807, 2.05) is 6.07 Å². The smallest absolute Gasteiger partial charge is 0.256 e. The number of benzene rings is 2. The van der Waals surface area contributed by atoms with Crippen molar-refractivity contribution in [2.45, 2.75) is 0 Å². The van der Waals surface area contributed by atoms with Gasteiger partial charge in [-0.25, -0.2) is 0 Å². The number of halogens is 1. The number of nitrogens with one attached hydrogen (secondary N) is 1. The molecule has 0 aromatic heterocycles. The molecule has 2 rings (SSSR count). The van der Waals surface area contributed by atoms with E-state index in [2.05, 4.69) is 21.2 Å². The minimum Gasteiger partial charge on any atom is -0.479 e. The van der Waals surface area contributed by atoms with E-state index < -0.39 is 0 Å². The fourth-order valence-electron chi connectivity index (χ4n) is 1.67. The van der Waals surface area contributed by atoms with Crippen molar-refractivity contribution in [1.82, 2.24) is 0 Å². The second kappa shape index (κ2) is 6.77. The number of hydrogen-bond acceptors (Lipinski definition) is 4. The molecule has 3 N–H and O–H groups in total. The Hall–Kier alpha value is -2.52. The minimum absolute atomic E-state index is 0.0120. The molecule has 0 aliphatic rings. The van der Waals surface area contributed by atoms with Crippen LogP contribution < -0.4 is 15.8 Å². The summed E-state index contributed by atoms with van der Waals surface area (Å²) in [4.78, 5) is 12.2. The van der Waals surface area contributed by atoms with Gasteiger partial charge in [-0.1, -0.05) is 0 Å². The van der Waals surface area contributed by atoms with Crippen molar-refractivity contribution in [3.8, 4) is 11.8 Å². The van der Waals surface area contributed by atoms with Gasteiger partial charge in [-0.3, -0.25) is 4.79 Å². The molecule has 106 valence electrons. The number of hydrogen-bond donors (Lipinski definition) is 2. The molecule has 0 saturated heterocycles. The zero-order valence-electron chi connectivity index (χ0n) is 11.0. The molecule has 1 amide bonds. The maximum Gasteiger partial charge on any atom is 0.256 e. The van der Waals surface area contributed by atoms with Gasteiger partial charge >= 0.3 is 0 Å². The summed E-state index contributed by atoms with van der Waals surface area (Å²) in [6.45, 7) is -0.0120. The molecule has 0 heterocycles. The summed E-state index contributed by atoms with van der Waals surface area (Å²) in [5, 5.41) is 11.2. The largest absolute Gasteiger partial charge is 0.479 e. The monoisotopic (exact) mass is 345 g/mol. The number of nitrogens with two attached hydrogens (primary N) is 1. The molecule has 0 fully saturated rings. The Bertz CT molecular complexity index is 693. The average Bonchev–Trinajstić information content (AvgIpc) is 2.49. The van der Waals surface area contributed by atoms with Crippen molar-refractivity contribution in [3.63, 3.8) is 0 Å². The normalized spacial score (nSPS) is 9.71. The summed E-state index contributed by atoms with van der Waals surface area (Å²) in [5.41, 5.74) is 7.28. The first-order valence-electron chi connectivity index (χ1n) is 6.06. The van der Waals surface area contributed by atoms with Gasteiger partial charge < -0.3 is 15.8 Å². The lowest BCUT2D eigenvalue weighted by Crippen LogP contribution is -2.13. The predicted octanol–water partition coefficient (Wildman–Crippen LogP) is 3.19. The van der Waals surface area contributed by atoms with E-state index in [1.165, 1.54) is 0 Å². The van der Waals surface area contributed by atoms with Crippen LogP contribution in [0.4, 0.5) is 11.4 Å². The van der Waals surface area contributed by atoms with E-state index in [-0.39, 0.29) is 12.5 Å². The molecule has 0 bridgehead atoms. The van der Waals surface area contributed by atoms with E-state index in [0.29, 0.717) is 27.2 Å². The molecule has 0 radical (unpaired) electrons. The zero-order valence-corrected chi connectivity index (χ0v) is 12.6. The van der Waals surface area contributed by atoms with E-state index in [9.17, 15) is 4.79 Å². The number of nitrogens with zero attached hydrogens (tertiary/aromatic N) is 1. The van der Waals surface area contributed by atoms with Crippen LogP contribution in [0.25, 0.3) is 0 Å². The number of carbonyl (C=O) groups is 1. The highest BCUT2D eigenvalue weighted by atomic mass is 79.9. The SMILES string of the molecule is N#CCOc1ccc(NC(=O)c2cc(N)ccc2Br)cc1. The van der Waals surface area contributed by atoms with Crippen LogP contribution in [0.1, 0.15) is 10.4 Å². The molecule has 0 aliphatic carbocycles. The average molecular weight is 346 g/mol. The molecule has 2 aromatic rings. The van der Waals surface area contributed by atoms with Gasteiger partial charge in [0.25, 0.3) is 5.91 Å². The molecular formula is C15H12BrN3O2. The lowest BCUT2D eigenvalue weighted by molar-refractivity contribution is 0.102. The molecule has 0 atom stereocenters. The molecule has 21 heavy (non-hydrogen) atoms. The highest BCUT2D eigenvalue weighted by Gasteiger charge is 2.10. The van der Waals surface area contributed by atoms with Crippen LogP contribution >= 0.6 is 15.9 Å². The Morgan fingerprint density at radius 1 is 1.29 bits per heavy atom. The first kappa shape index (κ1) is 14.9. The maximum atomic E-state index is 12.2. The molecule has 0 aliphatic heterocycles. The van der Waals surface area contributed by atoms with Crippen molar-refractivity contribution in [3.05, 3.63) is 52.5 Å². The number of nitrogen functional groups attached to an aromatic ring is 1.